The van der Waals surface area contributed by atoms with Crippen LogP contribution in [0.15, 0.2) is 18.2 Å². The molecule has 0 saturated carbocycles. The summed E-state index contributed by atoms with van der Waals surface area (Å²) in [5, 5.41) is 2.74. The fraction of sp³-hybridized carbons (Fsp3) is 0.467. The van der Waals surface area contributed by atoms with Gasteiger partial charge in [0, 0.05) is 5.69 Å². The van der Waals surface area contributed by atoms with E-state index in [1.165, 1.54) is 0 Å². The molecule has 0 spiro atoms. The molecule has 2 amide bonds. The number of nitrogens with zero attached hydrogens (tertiary/aromatic N) is 1. The standard InChI is InChI=1S/C15H20N2O3/c1-9-8-11(6-7-12(9)20-5)17-10(2)13(18)16-15(3,4)14(17)19/h6-8,10H,1-5H3,(H,16,18). The number of nitrogens with one attached hydrogen (secondary N) is 1. The second-order valence-corrected chi connectivity index (χ2v) is 5.62. The molecule has 2 rings (SSSR count). The summed E-state index contributed by atoms with van der Waals surface area (Å²) in [6.45, 7) is 7.06. The van der Waals surface area contributed by atoms with Gasteiger partial charge in [0.1, 0.15) is 17.3 Å². The molecule has 0 bridgehead atoms. The molecule has 0 aromatic heterocycles. The van der Waals surface area contributed by atoms with E-state index in [0.29, 0.717) is 5.69 Å². The van der Waals surface area contributed by atoms with Gasteiger partial charge in [-0.05, 0) is 51.5 Å². The number of hydrogen-bond acceptors (Lipinski definition) is 3. The molecule has 5 heteroatoms. The van der Waals surface area contributed by atoms with Gasteiger partial charge >= 0.3 is 0 Å². The highest BCUT2D eigenvalue weighted by Crippen LogP contribution is 2.29. The quantitative estimate of drug-likeness (QED) is 0.893. The van der Waals surface area contributed by atoms with Crippen molar-refractivity contribution < 1.29 is 14.3 Å². The van der Waals surface area contributed by atoms with Crippen LogP contribution < -0.4 is 15.0 Å². The third-order valence-electron chi connectivity index (χ3n) is 3.61. The summed E-state index contributed by atoms with van der Waals surface area (Å²) in [5.74, 6) is 0.492. The van der Waals surface area contributed by atoms with Crippen LogP contribution in [0.4, 0.5) is 5.69 Å². The molecule has 1 fully saturated rings. The SMILES string of the molecule is COc1ccc(N2C(=O)C(C)(C)NC(=O)C2C)cc1C. The number of ether oxygens (including phenoxy) is 1. The van der Waals surface area contributed by atoms with Crippen molar-refractivity contribution in [1.29, 1.82) is 0 Å². The largest absolute Gasteiger partial charge is 0.496 e. The molecule has 1 aromatic rings. The number of aryl methyl sites for hydroxylation is 1. The monoisotopic (exact) mass is 276 g/mol. The minimum atomic E-state index is -0.891. The van der Waals surface area contributed by atoms with Crippen LogP contribution in [0.1, 0.15) is 26.3 Å². The zero-order chi connectivity index (χ0) is 15.1. The van der Waals surface area contributed by atoms with Crippen molar-refractivity contribution in [3.8, 4) is 5.75 Å². The Bertz CT molecular complexity index is 566. The second-order valence-electron chi connectivity index (χ2n) is 5.62. The van der Waals surface area contributed by atoms with Crippen molar-refractivity contribution in [1.82, 2.24) is 5.32 Å². The first-order chi connectivity index (χ1) is 9.27. The molecule has 0 aliphatic carbocycles. The summed E-state index contributed by atoms with van der Waals surface area (Å²) >= 11 is 0. The number of carbonyl (C=O) groups is 2. The highest BCUT2D eigenvalue weighted by atomic mass is 16.5. The fourth-order valence-corrected chi connectivity index (χ4v) is 2.41. The first kappa shape index (κ1) is 14.4. The van der Waals surface area contributed by atoms with Crippen molar-refractivity contribution in [2.24, 2.45) is 0 Å². The van der Waals surface area contributed by atoms with Gasteiger partial charge in [-0.3, -0.25) is 14.5 Å². The molecule has 5 nitrogen and oxygen atoms in total. The number of amides is 2. The molecule has 1 saturated heterocycles. The van der Waals surface area contributed by atoms with Crippen LogP contribution in [-0.4, -0.2) is 30.5 Å². The third kappa shape index (κ3) is 2.24. The van der Waals surface area contributed by atoms with E-state index in [-0.39, 0.29) is 11.8 Å². The number of methoxy groups -OCH3 is 1. The summed E-state index contributed by atoms with van der Waals surface area (Å²) < 4.78 is 5.22. The number of benzene rings is 1. The maximum Gasteiger partial charge on any atom is 0.252 e. The van der Waals surface area contributed by atoms with E-state index < -0.39 is 11.6 Å². The number of hydrogen-bond donors (Lipinski definition) is 1. The van der Waals surface area contributed by atoms with Gasteiger partial charge < -0.3 is 10.1 Å². The van der Waals surface area contributed by atoms with E-state index in [1.54, 1.807) is 38.8 Å². The lowest BCUT2D eigenvalue weighted by Gasteiger charge is -2.41. The lowest BCUT2D eigenvalue weighted by molar-refractivity contribution is -0.136. The van der Waals surface area contributed by atoms with Crippen molar-refractivity contribution >= 4 is 17.5 Å². The average molecular weight is 276 g/mol. The first-order valence-corrected chi connectivity index (χ1v) is 6.58. The molecule has 108 valence electrons. The van der Waals surface area contributed by atoms with Gasteiger partial charge in [0.2, 0.25) is 5.91 Å². The number of carbonyl (C=O) groups excluding carboxylic acids is 2. The average Bonchev–Trinajstić information content (AvgIpc) is 2.37. The van der Waals surface area contributed by atoms with Crippen LogP contribution in [0, 0.1) is 6.92 Å². The van der Waals surface area contributed by atoms with E-state index >= 15 is 0 Å². The van der Waals surface area contributed by atoms with Gasteiger partial charge in [-0.25, -0.2) is 0 Å². The summed E-state index contributed by atoms with van der Waals surface area (Å²) in [4.78, 5) is 26.1. The Hall–Kier alpha value is -2.04. The van der Waals surface area contributed by atoms with Crippen molar-refractivity contribution in [3.63, 3.8) is 0 Å². The molecule has 1 aromatic carbocycles. The van der Waals surface area contributed by atoms with Gasteiger partial charge in [0.05, 0.1) is 7.11 Å². The number of anilines is 1. The maximum absolute atomic E-state index is 12.5. The van der Waals surface area contributed by atoms with Crippen LogP contribution in [0.2, 0.25) is 0 Å². The summed E-state index contributed by atoms with van der Waals surface area (Å²) in [6.07, 6.45) is 0. The predicted octanol–water partition coefficient (Wildman–Crippen LogP) is 1.63. The zero-order valence-corrected chi connectivity index (χ0v) is 12.5. The highest BCUT2D eigenvalue weighted by Gasteiger charge is 2.44. The minimum absolute atomic E-state index is 0.117. The maximum atomic E-state index is 12.5. The predicted molar refractivity (Wildman–Crippen MR) is 76.9 cm³/mol. The molecule has 1 N–H and O–H groups in total. The van der Waals surface area contributed by atoms with Gasteiger partial charge in [-0.2, -0.15) is 0 Å². The topological polar surface area (TPSA) is 58.6 Å². The molecule has 1 atom stereocenters. The van der Waals surface area contributed by atoms with E-state index in [2.05, 4.69) is 5.32 Å². The molecule has 1 aliphatic rings. The van der Waals surface area contributed by atoms with E-state index in [1.807, 2.05) is 19.1 Å². The second kappa shape index (κ2) is 4.81. The highest BCUT2D eigenvalue weighted by molar-refractivity contribution is 6.10. The zero-order valence-electron chi connectivity index (χ0n) is 12.5. The third-order valence-corrected chi connectivity index (χ3v) is 3.61. The molecule has 1 unspecified atom stereocenters. The van der Waals surface area contributed by atoms with E-state index in [4.69, 9.17) is 4.74 Å². The van der Waals surface area contributed by atoms with Crippen molar-refractivity contribution in [3.05, 3.63) is 23.8 Å². The Labute approximate surface area is 118 Å². The Morgan fingerprint density at radius 2 is 1.95 bits per heavy atom. The fourth-order valence-electron chi connectivity index (χ4n) is 2.41. The first-order valence-electron chi connectivity index (χ1n) is 6.58. The number of piperazine rings is 1. The summed E-state index contributed by atoms with van der Waals surface area (Å²) in [5.41, 5.74) is 0.745. The molecule has 20 heavy (non-hydrogen) atoms. The van der Waals surface area contributed by atoms with Gasteiger partial charge in [0.15, 0.2) is 0 Å². The van der Waals surface area contributed by atoms with Crippen LogP contribution in [0.25, 0.3) is 0 Å². The summed E-state index contributed by atoms with van der Waals surface area (Å²) in [7, 11) is 1.60. The number of rotatable bonds is 2. The van der Waals surface area contributed by atoms with Crippen LogP contribution in [0.3, 0.4) is 0 Å². The van der Waals surface area contributed by atoms with Crippen molar-refractivity contribution in [2.45, 2.75) is 39.3 Å². The van der Waals surface area contributed by atoms with Gasteiger partial charge in [-0.1, -0.05) is 0 Å². The normalized spacial score (nSPS) is 21.6. The summed E-state index contributed by atoms with van der Waals surface area (Å²) in [6, 6.07) is 4.95. The van der Waals surface area contributed by atoms with Crippen LogP contribution in [0.5, 0.6) is 5.75 Å². The molecule has 1 aliphatic heterocycles. The molecule has 1 heterocycles. The van der Waals surface area contributed by atoms with Crippen LogP contribution >= 0.6 is 0 Å². The van der Waals surface area contributed by atoms with Crippen molar-refractivity contribution in [2.75, 3.05) is 12.0 Å². The smallest absolute Gasteiger partial charge is 0.252 e. The van der Waals surface area contributed by atoms with Gasteiger partial charge in [0.25, 0.3) is 5.91 Å². The van der Waals surface area contributed by atoms with Gasteiger partial charge in [-0.15, -0.1) is 0 Å². The minimum Gasteiger partial charge on any atom is -0.496 e. The Kier molecular flexibility index (Phi) is 3.46. The molecular formula is C15H20N2O3. The Morgan fingerprint density at radius 3 is 2.50 bits per heavy atom. The Balaban J connectivity index is 2.46. The molecular weight excluding hydrogens is 256 g/mol. The van der Waals surface area contributed by atoms with E-state index in [9.17, 15) is 9.59 Å². The van der Waals surface area contributed by atoms with E-state index in [0.717, 1.165) is 11.3 Å². The lowest BCUT2D eigenvalue weighted by Crippen LogP contribution is -2.67. The molecule has 0 radical (unpaired) electrons. The van der Waals surface area contributed by atoms with Crippen LogP contribution in [-0.2, 0) is 9.59 Å². The lowest BCUT2D eigenvalue weighted by atomic mass is 9.96. The Morgan fingerprint density at radius 1 is 1.30 bits per heavy atom.